The van der Waals surface area contributed by atoms with E-state index in [1.165, 1.54) is 0 Å². The first kappa shape index (κ1) is 13.5. The maximum atomic E-state index is 11.6. The number of ether oxygens (including phenoxy) is 2. The first-order valence-electron chi connectivity index (χ1n) is 5.93. The van der Waals surface area contributed by atoms with Crippen molar-refractivity contribution in [3.8, 4) is 0 Å². The van der Waals surface area contributed by atoms with E-state index < -0.39 is 5.60 Å². The molecule has 0 saturated carbocycles. The van der Waals surface area contributed by atoms with Gasteiger partial charge < -0.3 is 15.2 Å². The molecule has 4 heteroatoms. The molecule has 16 heavy (non-hydrogen) atoms. The fourth-order valence-electron chi connectivity index (χ4n) is 1.89. The smallest absolute Gasteiger partial charge is 0.307 e. The number of hydrogen-bond donors (Lipinski definition) is 1. The van der Waals surface area contributed by atoms with Crippen molar-refractivity contribution in [2.24, 2.45) is 11.7 Å². The van der Waals surface area contributed by atoms with Gasteiger partial charge >= 0.3 is 5.97 Å². The quantitative estimate of drug-likeness (QED) is 0.744. The van der Waals surface area contributed by atoms with E-state index in [1.807, 2.05) is 20.8 Å². The maximum absolute atomic E-state index is 11.6. The number of nitrogens with two attached hydrogens (primary N) is 1. The summed E-state index contributed by atoms with van der Waals surface area (Å²) in [6.45, 7) is 7.11. The van der Waals surface area contributed by atoms with Crippen LogP contribution in [0.2, 0.25) is 0 Å². The Morgan fingerprint density at radius 3 is 2.50 bits per heavy atom. The van der Waals surface area contributed by atoms with Crippen molar-refractivity contribution in [2.75, 3.05) is 13.2 Å². The van der Waals surface area contributed by atoms with Crippen LogP contribution in [0.25, 0.3) is 0 Å². The van der Waals surface area contributed by atoms with Crippen molar-refractivity contribution in [2.45, 2.75) is 51.7 Å². The predicted octanol–water partition coefficient (Wildman–Crippen LogP) is 1.47. The average molecular weight is 229 g/mol. The normalized spacial score (nSPS) is 20.5. The van der Waals surface area contributed by atoms with Gasteiger partial charge in [0.1, 0.15) is 5.60 Å². The Labute approximate surface area is 97.5 Å². The molecule has 1 rings (SSSR count). The molecule has 0 aromatic rings. The second-order valence-corrected chi connectivity index (χ2v) is 5.40. The van der Waals surface area contributed by atoms with E-state index in [0.717, 1.165) is 26.1 Å². The van der Waals surface area contributed by atoms with Crippen molar-refractivity contribution in [3.63, 3.8) is 0 Å². The minimum absolute atomic E-state index is 0.0984. The molecule has 4 nitrogen and oxygen atoms in total. The molecule has 1 aliphatic heterocycles. The molecule has 0 bridgehead atoms. The van der Waals surface area contributed by atoms with Gasteiger partial charge in [-0.25, -0.2) is 0 Å². The zero-order valence-corrected chi connectivity index (χ0v) is 10.5. The number of hydrogen-bond acceptors (Lipinski definition) is 4. The molecular formula is C12H23NO3. The van der Waals surface area contributed by atoms with Crippen molar-refractivity contribution in [3.05, 3.63) is 0 Å². The average Bonchev–Trinajstić information content (AvgIpc) is 2.16. The van der Waals surface area contributed by atoms with Gasteiger partial charge in [0.05, 0.1) is 6.42 Å². The van der Waals surface area contributed by atoms with Crippen LogP contribution in [0.5, 0.6) is 0 Å². The maximum Gasteiger partial charge on any atom is 0.307 e. The Morgan fingerprint density at radius 1 is 1.44 bits per heavy atom. The topological polar surface area (TPSA) is 61.5 Å². The van der Waals surface area contributed by atoms with Gasteiger partial charge in [-0.15, -0.1) is 0 Å². The lowest BCUT2D eigenvalue weighted by Crippen LogP contribution is -2.37. The van der Waals surface area contributed by atoms with Crippen LogP contribution < -0.4 is 5.73 Å². The SMILES string of the molecule is CC(C)(C)OC(=O)C[C@H](N)C1CCOCC1. The van der Waals surface area contributed by atoms with Gasteiger partial charge in [-0.2, -0.15) is 0 Å². The molecule has 0 spiro atoms. The summed E-state index contributed by atoms with van der Waals surface area (Å²) in [5, 5.41) is 0. The van der Waals surface area contributed by atoms with Crippen LogP contribution in [0.3, 0.4) is 0 Å². The van der Waals surface area contributed by atoms with E-state index in [4.69, 9.17) is 15.2 Å². The molecule has 2 N–H and O–H groups in total. The highest BCUT2D eigenvalue weighted by atomic mass is 16.6. The Balaban J connectivity index is 2.32. The highest BCUT2D eigenvalue weighted by molar-refractivity contribution is 5.70. The molecule has 94 valence electrons. The summed E-state index contributed by atoms with van der Waals surface area (Å²) in [7, 11) is 0. The lowest BCUT2D eigenvalue weighted by molar-refractivity contribution is -0.155. The summed E-state index contributed by atoms with van der Waals surface area (Å²) in [6.07, 6.45) is 2.20. The molecular weight excluding hydrogens is 206 g/mol. The Hall–Kier alpha value is -0.610. The van der Waals surface area contributed by atoms with Gasteiger partial charge in [-0.05, 0) is 39.5 Å². The third kappa shape index (κ3) is 4.94. The molecule has 1 fully saturated rings. The fourth-order valence-corrected chi connectivity index (χ4v) is 1.89. The molecule has 0 aliphatic carbocycles. The van der Waals surface area contributed by atoms with Gasteiger partial charge in [-0.1, -0.05) is 0 Å². The van der Waals surface area contributed by atoms with Gasteiger partial charge in [0.25, 0.3) is 0 Å². The second kappa shape index (κ2) is 5.64. The summed E-state index contributed by atoms with van der Waals surface area (Å²) < 4.78 is 10.5. The first-order chi connectivity index (χ1) is 7.38. The van der Waals surface area contributed by atoms with Crippen LogP contribution in [-0.4, -0.2) is 30.8 Å². The van der Waals surface area contributed by atoms with E-state index in [1.54, 1.807) is 0 Å². The molecule has 0 amide bonds. The lowest BCUT2D eigenvalue weighted by atomic mass is 9.90. The van der Waals surface area contributed by atoms with E-state index in [-0.39, 0.29) is 12.0 Å². The molecule has 0 radical (unpaired) electrons. The molecule has 0 aromatic carbocycles. The highest BCUT2D eigenvalue weighted by Gasteiger charge is 2.25. The number of carbonyl (C=O) groups is 1. The monoisotopic (exact) mass is 229 g/mol. The van der Waals surface area contributed by atoms with Gasteiger partial charge in [0.15, 0.2) is 0 Å². The second-order valence-electron chi connectivity index (χ2n) is 5.40. The summed E-state index contributed by atoms with van der Waals surface area (Å²) in [5.74, 6) is 0.188. The summed E-state index contributed by atoms with van der Waals surface area (Å²) in [4.78, 5) is 11.6. The van der Waals surface area contributed by atoms with Crippen LogP contribution in [0.4, 0.5) is 0 Å². The van der Waals surface area contributed by atoms with E-state index in [2.05, 4.69) is 0 Å². The predicted molar refractivity (Wildman–Crippen MR) is 62.0 cm³/mol. The van der Waals surface area contributed by atoms with Gasteiger partial charge in [-0.3, -0.25) is 4.79 Å². The fraction of sp³-hybridized carbons (Fsp3) is 0.917. The van der Waals surface area contributed by atoms with Crippen LogP contribution >= 0.6 is 0 Å². The van der Waals surface area contributed by atoms with Crippen LogP contribution in [0.1, 0.15) is 40.0 Å². The van der Waals surface area contributed by atoms with E-state index >= 15 is 0 Å². The lowest BCUT2D eigenvalue weighted by Gasteiger charge is -2.28. The highest BCUT2D eigenvalue weighted by Crippen LogP contribution is 2.20. The molecule has 1 saturated heterocycles. The molecule has 0 unspecified atom stereocenters. The number of esters is 1. The third-order valence-electron chi connectivity index (χ3n) is 2.69. The molecule has 1 aliphatic rings. The van der Waals surface area contributed by atoms with Crippen LogP contribution in [-0.2, 0) is 14.3 Å². The number of carbonyl (C=O) groups excluding carboxylic acids is 1. The van der Waals surface area contributed by atoms with Gasteiger partial charge in [0, 0.05) is 19.3 Å². The Kier molecular flexibility index (Phi) is 4.74. The standard InChI is InChI=1S/C12H23NO3/c1-12(2,3)16-11(14)8-10(13)9-4-6-15-7-5-9/h9-10H,4-8,13H2,1-3H3/t10-/m0/s1. The molecule has 1 heterocycles. The zero-order chi connectivity index (χ0) is 12.2. The summed E-state index contributed by atoms with van der Waals surface area (Å²) in [5.41, 5.74) is 5.59. The van der Waals surface area contributed by atoms with Crippen molar-refractivity contribution in [1.29, 1.82) is 0 Å². The minimum Gasteiger partial charge on any atom is -0.460 e. The molecule has 1 atom stereocenters. The number of rotatable bonds is 3. The third-order valence-corrected chi connectivity index (χ3v) is 2.69. The largest absolute Gasteiger partial charge is 0.460 e. The van der Waals surface area contributed by atoms with Crippen LogP contribution in [0.15, 0.2) is 0 Å². The first-order valence-corrected chi connectivity index (χ1v) is 5.93. The van der Waals surface area contributed by atoms with E-state index in [0.29, 0.717) is 12.3 Å². The summed E-state index contributed by atoms with van der Waals surface area (Å²) in [6, 6.07) is -0.0984. The Bertz CT molecular complexity index is 229. The van der Waals surface area contributed by atoms with Crippen molar-refractivity contribution in [1.82, 2.24) is 0 Å². The van der Waals surface area contributed by atoms with Crippen molar-refractivity contribution < 1.29 is 14.3 Å². The van der Waals surface area contributed by atoms with Gasteiger partial charge in [0.2, 0.25) is 0 Å². The van der Waals surface area contributed by atoms with Crippen LogP contribution in [0, 0.1) is 5.92 Å². The minimum atomic E-state index is -0.424. The van der Waals surface area contributed by atoms with E-state index in [9.17, 15) is 4.79 Å². The van der Waals surface area contributed by atoms with Crippen molar-refractivity contribution >= 4 is 5.97 Å². The Morgan fingerprint density at radius 2 is 2.00 bits per heavy atom. The summed E-state index contributed by atoms with van der Waals surface area (Å²) >= 11 is 0. The molecule has 0 aromatic heterocycles. The zero-order valence-electron chi connectivity index (χ0n) is 10.5.